The van der Waals surface area contributed by atoms with E-state index < -0.39 is 5.95 Å². The molecule has 0 spiro atoms. The summed E-state index contributed by atoms with van der Waals surface area (Å²) in [6, 6.07) is 15.0. The summed E-state index contributed by atoms with van der Waals surface area (Å²) in [5.74, 6) is 0.280. The van der Waals surface area contributed by atoms with E-state index in [2.05, 4.69) is 10.6 Å². The number of ether oxygens (including phenoxy) is 1. The number of benzene rings is 2. The van der Waals surface area contributed by atoms with Crippen molar-refractivity contribution in [2.24, 2.45) is 0 Å². The van der Waals surface area contributed by atoms with E-state index >= 15 is 0 Å². The zero-order chi connectivity index (χ0) is 17.6. The standard InChI is InChI=1S/C18H18ClN3O3/c1-24-16-7-5-15(6-8-16)22-17(18(23)25-21-22)12-20-10-9-13-3-2-4-14(19)11-13/h2-8,11,20H,9-10,12H2,1H3. The van der Waals surface area contributed by atoms with Crippen molar-refractivity contribution in [1.29, 1.82) is 0 Å². The Morgan fingerprint density at radius 1 is 1.24 bits per heavy atom. The van der Waals surface area contributed by atoms with Crippen LogP contribution in [0.2, 0.25) is 5.02 Å². The maximum atomic E-state index is 11.9. The number of rotatable bonds is 7. The van der Waals surface area contributed by atoms with Crippen molar-refractivity contribution in [1.82, 2.24) is 10.6 Å². The molecule has 3 aromatic rings. The van der Waals surface area contributed by atoms with Crippen LogP contribution in [0.4, 0.5) is 0 Å². The van der Waals surface area contributed by atoms with E-state index in [4.69, 9.17) is 20.9 Å². The van der Waals surface area contributed by atoms with Gasteiger partial charge in [-0.05, 0) is 47.5 Å². The summed E-state index contributed by atoms with van der Waals surface area (Å²) in [5.41, 5.74) is 2.31. The van der Waals surface area contributed by atoms with Crippen LogP contribution in [0.5, 0.6) is 11.7 Å². The van der Waals surface area contributed by atoms with Crippen LogP contribution in [-0.4, -0.2) is 18.9 Å². The third-order valence-electron chi connectivity index (χ3n) is 3.79. The first kappa shape index (κ1) is 17.3. The van der Waals surface area contributed by atoms with Gasteiger partial charge in [0.15, 0.2) is 5.95 Å². The molecule has 0 amide bonds. The highest BCUT2D eigenvalue weighted by molar-refractivity contribution is 6.30. The monoisotopic (exact) mass is 359 g/mol. The molecule has 3 rings (SSSR count). The molecule has 0 aliphatic carbocycles. The lowest BCUT2D eigenvalue weighted by molar-refractivity contribution is -0.677. The average molecular weight is 360 g/mol. The lowest BCUT2D eigenvalue weighted by atomic mass is 10.1. The van der Waals surface area contributed by atoms with Gasteiger partial charge in [0.25, 0.3) is 5.69 Å². The molecule has 1 N–H and O–H groups in total. The van der Waals surface area contributed by atoms with Gasteiger partial charge in [-0.2, -0.15) is 0 Å². The first-order valence-corrected chi connectivity index (χ1v) is 8.22. The van der Waals surface area contributed by atoms with Crippen molar-refractivity contribution in [2.75, 3.05) is 13.7 Å². The second-order valence-corrected chi connectivity index (χ2v) is 5.91. The lowest BCUT2D eigenvalue weighted by Crippen LogP contribution is -2.39. The number of hydrogen-bond acceptors (Lipinski definition) is 5. The molecule has 0 unspecified atom stereocenters. The molecule has 0 atom stereocenters. The van der Waals surface area contributed by atoms with E-state index in [1.807, 2.05) is 36.4 Å². The Hall–Kier alpha value is -2.57. The minimum absolute atomic E-state index is 0.356. The Labute approximate surface area is 150 Å². The molecule has 6 nitrogen and oxygen atoms in total. The van der Waals surface area contributed by atoms with Crippen LogP contribution in [0.15, 0.2) is 53.1 Å². The average Bonchev–Trinajstić information content (AvgIpc) is 2.99. The van der Waals surface area contributed by atoms with Gasteiger partial charge in [0.2, 0.25) is 5.69 Å². The number of nitrogens with one attached hydrogen (secondary N) is 1. The molecule has 0 fully saturated rings. The van der Waals surface area contributed by atoms with Gasteiger partial charge >= 0.3 is 0 Å². The van der Waals surface area contributed by atoms with Crippen molar-refractivity contribution in [3.05, 3.63) is 64.8 Å². The van der Waals surface area contributed by atoms with Crippen molar-refractivity contribution in [3.8, 4) is 17.4 Å². The fourth-order valence-corrected chi connectivity index (χ4v) is 2.68. The van der Waals surface area contributed by atoms with Crippen molar-refractivity contribution in [3.63, 3.8) is 0 Å². The van der Waals surface area contributed by atoms with Crippen LogP contribution in [0, 0.1) is 0 Å². The number of hydrogen-bond donors (Lipinski definition) is 1. The zero-order valence-electron chi connectivity index (χ0n) is 13.7. The smallest absolute Gasteiger partial charge is 0.253 e. The van der Waals surface area contributed by atoms with Crippen molar-refractivity contribution in [2.45, 2.75) is 13.0 Å². The highest BCUT2D eigenvalue weighted by Crippen LogP contribution is 2.14. The molecule has 1 aromatic heterocycles. The quantitative estimate of drug-likeness (QED) is 0.516. The third kappa shape index (κ3) is 4.29. The predicted molar refractivity (Wildman–Crippen MR) is 90.9 cm³/mol. The van der Waals surface area contributed by atoms with E-state index in [1.54, 1.807) is 19.2 Å². The maximum Gasteiger partial charge on any atom is 0.253 e. The van der Waals surface area contributed by atoms with Gasteiger partial charge in [0.1, 0.15) is 5.75 Å². The molecule has 25 heavy (non-hydrogen) atoms. The fourth-order valence-electron chi connectivity index (χ4n) is 2.47. The normalized spacial score (nSPS) is 10.8. The van der Waals surface area contributed by atoms with Gasteiger partial charge in [-0.15, -0.1) is 0 Å². The minimum atomic E-state index is -0.453. The number of halogens is 1. The molecule has 0 saturated heterocycles. The first-order chi connectivity index (χ1) is 12.2. The Morgan fingerprint density at radius 2 is 2.04 bits per heavy atom. The van der Waals surface area contributed by atoms with Crippen LogP contribution in [0.3, 0.4) is 0 Å². The van der Waals surface area contributed by atoms with Gasteiger partial charge in [-0.1, -0.05) is 23.7 Å². The van der Waals surface area contributed by atoms with E-state index in [9.17, 15) is 5.11 Å². The topological polar surface area (TPSA) is 74.2 Å². The van der Waals surface area contributed by atoms with Crippen LogP contribution >= 0.6 is 11.6 Å². The summed E-state index contributed by atoms with van der Waals surface area (Å²) in [5, 5.41) is 19.7. The predicted octanol–water partition coefficient (Wildman–Crippen LogP) is 2.02. The maximum absolute atomic E-state index is 11.9. The second kappa shape index (κ2) is 8.00. The highest BCUT2D eigenvalue weighted by Gasteiger charge is 2.19. The van der Waals surface area contributed by atoms with Crippen LogP contribution in [0.1, 0.15) is 11.3 Å². The molecule has 0 radical (unpaired) electrons. The van der Waals surface area contributed by atoms with Gasteiger partial charge in [-0.25, -0.2) is 0 Å². The van der Waals surface area contributed by atoms with Crippen LogP contribution in [0.25, 0.3) is 5.69 Å². The van der Waals surface area contributed by atoms with E-state index in [-0.39, 0.29) is 0 Å². The van der Waals surface area contributed by atoms with E-state index in [0.717, 1.165) is 28.4 Å². The van der Waals surface area contributed by atoms with Gasteiger partial charge in [0, 0.05) is 17.2 Å². The van der Waals surface area contributed by atoms with Crippen molar-refractivity contribution < 1.29 is 19.0 Å². The molecular formula is C18H18ClN3O3. The number of aromatic nitrogens is 2. The molecule has 7 heteroatoms. The Kier molecular flexibility index (Phi) is 5.53. The summed E-state index contributed by atoms with van der Waals surface area (Å²) < 4.78 is 11.4. The second-order valence-electron chi connectivity index (χ2n) is 5.47. The molecule has 0 aliphatic rings. The largest absolute Gasteiger partial charge is 0.539 e. The van der Waals surface area contributed by atoms with Gasteiger partial charge < -0.3 is 19.7 Å². The Morgan fingerprint density at radius 3 is 2.76 bits per heavy atom. The molecule has 0 bridgehead atoms. The SMILES string of the molecule is COc1ccc(-[n+]2noc([O-])c2CNCCc2cccc(Cl)c2)cc1. The Bertz CT molecular complexity index is 834. The molecule has 0 saturated carbocycles. The van der Waals surface area contributed by atoms with Gasteiger partial charge in [-0.3, -0.25) is 0 Å². The number of nitrogens with zero attached hydrogens (tertiary/aromatic N) is 2. The molecule has 1 heterocycles. The highest BCUT2D eigenvalue weighted by atomic mass is 35.5. The fraction of sp³-hybridized carbons (Fsp3) is 0.222. The van der Waals surface area contributed by atoms with E-state index in [1.165, 1.54) is 4.68 Å². The minimum Gasteiger partial charge on any atom is -0.539 e. The molecular weight excluding hydrogens is 342 g/mol. The first-order valence-electron chi connectivity index (χ1n) is 7.85. The summed E-state index contributed by atoms with van der Waals surface area (Å²) in [7, 11) is 1.60. The number of methoxy groups -OCH3 is 1. The summed E-state index contributed by atoms with van der Waals surface area (Å²) in [4.78, 5) is 0. The summed E-state index contributed by atoms with van der Waals surface area (Å²) >= 11 is 5.98. The molecule has 0 aliphatic heterocycles. The summed E-state index contributed by atoms with van der Waals surface area (Å²) in [6.07, 6.45) is 0.808. The zero-order valence-corrected chi connectivity index (χ0v) is 14.5. The Balaban J connectivity index is 1.63. The molecule has 2 aromatic carbocycles. The summed E-state index contributed by atoms with van der Waals surface area (Å²) in [6.45, 7) is 1.06. The van der Waals surface area contributed by atoms with Crippen LogP contribution in [-0.2, 0) is 13.0 Å². The van der Waals surface area contributed by atoms with Gasteiger partial charge in [0.05, 0.1) is 18.9 Å². The van der Waals surface area contributed by atoms with Crippen molar-refractivity contribution >= 4 is 11.6 Å². The van der Waals surface area contributed by atoms with Crippen LogP contribution < -0.4 is 19.8 Å². The lowest BCUT2D eigenvalue weighted by Gasteiger charge is -2.04. The third-order valence-corrected chi connectivity index (χ3v) is 4.02. The van der Waals surface area contributed by atoms with E-state index in [0.29, 0.717) is 18.8 Å². The molecule has 130 valence electrons.